The van der Waals surface area contributed by atoms with Crippen LogP contribution in [0, 0.1) is 5.82 Å². The summed E-state index contributed by atoms with van der Waals surface area (Å²) in [7, 11) is -7.23. The van der Waals surface area contributed by atoms with Crippen LogP contribution in [0.4, 0.5) is 10.1 Å². The van der Waals surface area contributed by atoms with Crippen LogP contribution < -0.4 is 9.44 Å². The second-order valence-electron chi connectivity index (χ2n) is 5.29. The molecule has 2 rings (SSSR count). The topological polar surface area (TPSA) is 92.3 Å². The molecule has 24 heavy (non-hydrogen) atoms. The van der Waals surface area contributed by atoms with Crippen molar-refractivity contribution in [3.8, 4) is 0 Å². The Morgan fingerprint density at radius 3 is 1.96 bits per heavy atom. The average molecular weight is 372 g/mol. The van der Waals surface area contributed by atoms with E-state index in [9.17, 15) is 21.2 Å². The van der Waals surface area contributed by atoms with Crippen LogP contribution in [-0.2, 0) is 20.0 Å². The van der Waals surface area contributed by atoms with Crippen LogP contribution in [0.1, 0.15) is 18.5 Å². The summed E-state index contributed by atoms with van der Waals surface area (Å²) in [5.74, 6) is -0.400. The maximum Gasteiger partial charge on any atom is 0.241 e. The van der Waals surface area contributed by atoms with Gasteiger partial charge in [0.05, 0.1) is 11.2 Å². The highest BCUT2D eigenvalue weighted by Gasteiger charge is 2.18. The molecular formula is C15H17FN2O4S2. The molecule has 0 aliphatic carbocycles. The Balaban J connectivity index is 2.16. The van der Waals surface area contributed by atoms with Gasteiger partial charge in [0.1, 0.15) is 5.82 Å². The highest BCUT2D eigenvalue weighted by Crippen LogP contribution is 2.19. The summed E-state index contributed by atoms with van der Waals surface area (Å²) in [4.78, 5) is -0.00415. The zero-order valence-electron chi connectivity index (χ0n) is 13.0. The van der Waals surface area contributed by atoms with E-state index in [0.29, 0.717) is 5.56 Å². The number of sulfonamides is 2. The van der Waals surface area contributed by atoms with E-state index in [0.717, 1.165) is 6.26 Å². The Labute approximate surface area is 140 Å². The molecule has 0 aromatic heterocycles. The zero-order valence-corrected chi connectivity index (χ0v) is 14.7. The van der Waals surface area contributed by atoms with Gasteiger partial charge >= 0.3 is 0 Å². The summed E-state index contributed by atoms with van der Waals surface area (Å²) in [5.41, 5.74) is 0.887. The van der Waals surface area contributed by atoms with E-state index >= 15 is 0 Å². The van der Waals surface area contributed by atoms with Gasteiger partial charge in [-0.1, -0.05) is 12.1 Å². The maximum atomic E-state index is 12.9. The largest absolute Gasteiger partial charge is 0.284 e. The van der Waals surface area contributed by atoms with E-state index in [-0.39, 0.29) is 10.6 Å². The molecule has 0 unspecified atom stereocenters. The van der Waals surface area contributed by atoms with Gasteiger partial charge < -0.3 is 0 Å². The molecule has 2 aromatic carbocycles. The fourth-order valence-electron chi connectivity index (χ4n) is 2.04. The van der Waals surface area contributed by atoms with Gasteiger partial charge in [0.15, 0.2) is 0 Å². The lowest BCUT2D eigenvalue weighted by molar-refractivity contribution is 0.566. The molecule has 0 fully saturated rings. The number of rotatable bonds is 6. The van der Waals surface area contributed by atoms with Gasteiger partial charge in [-0.15, -0.1) is 0 Å². The Hall–Kier alpha value is -1.97. The average Bonchev–Trinajstić information content (AvgIpc) is 2.46. The third-order valence-electron chi connectivity index (χ3n) is 3.17. The summed E-state index contributed by atoms with van der Waals surface area (Å²) in [6, 6.07) is 10.3. The summed E-state index contributed by atoms with van der Waals surface area (Å²) < 4.78 is 64.7. The van der Waals surface area contributed by atoms with Crippen LogP contribution in [-0.4, -0.2) is 23.1 Å². The molecule has 0 aliphatic heterocycles. The Kier molecular flexibility index (Phi) is 5.26. The van der Waals surface area contributed by atoms with Crippen LogP contribution in [0.15, 0.2) is 53.4 Å². The molecule has 6 nitrogen and oxygen atoms in total. The van der Waals surface area contributed by atoms with E-state index in [4.69, 9.17) is 0 Å². The third kappa shape index (κ3) is 5.02. The number of hydrogen-bond donors (Lipinski definition) is 2. The molecule has 0 spiro atoms. The van der Waals surface area contributed by atoms with Crippen LogP contribution in [0.2, 0.25) is 0 Å². The van der Waals surface area contributed by atoms with Gasteiger partial charge in [0.25, 0.3) is 0 Å². The first kappa shape index (κ1) is 18.4. The third-order valence-corrected chi connectivity index (χ3v) is 5.33. The second kappa shape index (κ2) is 6.88. The zero-order chi connectivity index (χ0) is 18.0. The van der Waals surface area contributed by atoms with Gasteiger partial charge in [-0.05, 0) is 48.9 Å². The quantitative estimate of drug-likeness (QED) is 0.813. The molecule has 2 N–H and O–H groups in total. The summed E-state index contributed by atoms with van der Waals surface area (Å²) in [5, 5.41) is 0. The predicted molar refractivity (Wildman–Crippen MR) is 90.0 cm³/mol. The second-order valence-corrected chi connectivity index (χ2v) is 8.76. The maximum absolute atomic E-state index is 12.9. The number of benzene rings is 2. The van der Waals surface area contributed by atoms with Crippen molar-refractivity contribution in [1.82, 2.24) is 4.72 Å². The van der Waals surface area contributed by atoms with Crippen LogP contribution in [0.25, 0.3) is 0 Å². The Bertz CT molecular complexity index is 909. The first-order valence-corrected chi connectivity index (χ1v) is 10.3. The smallest absolute Gasteiger partial charge is 0.241 e. The molecule has 0 saturated carbocycles. The first-order valence-electron chi connectivity index (χ1n) is 6.92. The highest BCUT2D eigenvalue weighted by molar-refractivity contribution is 7.92. The van der Waals surface area contributed by atoms with Crippen molar-refractivity contribution in [2.75, 3.05) is 11.0 Å². The van der Waals surface area contributed by atoms with Crippen molar-refractivity contribution in [2.45, 2.75) is 17.9 Å². The van der Waals surface area contributed by atoms with Gasteiger partial charge in [-0.3, -0.25) is 4.72 Å². The van der Waals surface area contributed by atoms with Crippen molar-refractivity contribution in [2.24, 2.45) is 0 Å². The molecule has 1 atom stereocenters. The standard InChI is InChI=1S/C15H17FN2O4S2/c1-11(12-3-5-13(16)6-4-12)17-24(21,22)15-9-7-14(8-10-15)18-23(2,19)20/h3-11,17-18H,1-2H3/t11-/m1/s1. The molecule has 0 radical (unpaired) electrons. The molecule has 0 heterocycles. The first-order chi connectivity index (χ1) is 11.1. The SMILES string of the molecule is C[C@@H](NS(=O)(=O)c1ccc(NS(C)(=O)=O)cc1)c1ccc(F)cc1. The number of hydrogen-bond acceptors (Lipinski definition) is 4. The number of anilines is 1. The van der Waals surface area contributed by atoms with Gasteiger partial charge in [-0.25, -0.2) is 25.9 Å². The van der Waals surface area contributed by atoms with Crippen molar-refractivity contribution in [1.29, 1.82) is 0 Å². The minimum absolute atomic E-state index is 0.00415. The lowest BCUT2D eigenvalue weighted by Gasteiger charge is -2.15. The lowest BCUT2D eigenvalue weighted by Crippen LogP contribution is -2.26. The molecule has 130 valence electrons. The molecule has 0 amide bonds. The fraction of sp³-hybridized carbons (Fsp3) is 0.200. The van der Waals surface area contributed by atoms with E-state index in [2.05, 4.69) is 9.44 Å². The molecule has 0 bridgehead atoms. The minimum Gasteiger partial charge on any atom is -0.284 e. The predicted octanol–water partition coefficient (Wildman–Crippen LogP) is 2.24. The van der Waals surface area contributed by atoms with Crippen LogP contribution in [0.3, 0.4) is 0 Å². The normalized spacial score (nSPS) is 13.5. The fourth-order valence-corrected chi connectivity index (χ4v) is 3.83. The van der Waals surface area contributed by atoms with Gasteiger partial charge in [0.2, 0.25) is 20.0 Å². The van der Waals surface area contributed by atoms with Crippen molar-refractivity contribution >= 4 is 25.7 Å². The van der Waals surface area contributed by atoms with E-state index < -0.39 is 31.9 Å². The monoisotopic (exact) mass is 372 g/mol. The number of nitrogens with one attached hydrogen (secondary N) is 2. The van der Waals surface area contributed by atoms with Crippen LogP contribution in [0.5, 0.6) is 0 Å². The van der Waals surface area contributed by atoms with E-state index in [1.165, 1.54) is 48.5 Å². The molecular weight excluding hydrogens is 355 g/mol. The lowest BCUT2D eigenvalue weighted by atomic mass is 10.1. The molecule has 9 heteroatoms. The van der Waals surface area contributed by atoms with E-state index in [1.807, 2.05) is 0 Å². The minimum atomic E-state index is -3.80. The van der Waals surface area contributed by atoms with Crippen molar-refractivity contribution in [3.63, 3.8) is 0 Å². The van der Waals surface area contributed by atoms with Gasteiger partial charge in [-0.2, -0.15) is 0 Å². The molecule has 0 saturated heterocycles. The van der Waals surface area contributed by atoms with Crippen LogP contribution >= 0.6 is 0 Å². The van der Waals surface area contributed by atoms with Crippen molar-refractivity contribution in [3.05, 3.63) is 59.9 Å². The Morgan fingerprint density at radius 2 is 1.46 bits per heavy atom. The summed E-state index contributed by atoms with van der Waals surface area (Å²) in [6.45, 7) is 1.64. The molecule has 0 aliphatic rings. The number of halogens is 1. The van der Waals surface area contributed by atoms with Crippen molar-refractivity contribution < 1.29 is 21.2 Å². The highest BCUT2D eigenvalue weighted by atomic mass is 32.2. The Morgan fingerprint density at radius 1 is 0.917 bits per heavy atom. The van der Waals surface area contributed by atoms with E-state index in [1.54, 1.807) is 6.92 Å². The molecule has 2 aromatic rings. The van der Waals surface area contributed by atoms with Gasteiger partial charge in [0, 0.05) is 11.7 Å². The summed E-state index contributed by atoms with van der Waals surface area (Å²) in [6.07, 6.45) is 1.00. The summed E-state index contributed by atoms with van der Waals surface area (Å²) >= 11 is 0.